The molecule has 0 saturated carbocycles. The largest absolute Gasteiger partial charge is 0.383 e. The van der Waals surface area contributed by atoms with Gasteiger partial charge in [-0.15, -0.1) is 0 Å². The Morgan fingerprint density at radius 1 is 1.21 bits per heavy atom. The van der Waals surface area contributed by atoms with Crippen molar-refractivity contribution in [2.75, 3.05) is 5.73 Å². The van der Waals surface area contributed by atoms with Crippen molar-refractivity contribution in [3.05, 3.63) is 59.9 Å². The van der Waals surface area contributed by atoms with Crippen molar-refractivity contribution in [1.82, 2.24) is 24.9 Å². The summed E-state index contributed by atoms with van der Waals surface area (Å²) in [6.07, 6.45) is 4.05. The highest BCUT2D eigenvalue weighted by Gasteiger charge is 2.24. The second kappa shape index (κ2) is 7.67. The molecule has 3 aromatic heterocycles. The Morgan fingerprint density at radius 2 is 1.93 bits per heavy atom. The van der Waals surface area contributed by atoms with Gasteiger partial charge >= 0.3 is 0 Å². The van der Waals surface area contributed by atoms with Crippen molar-refractivity contribution < 1.29 is 4.79 Å². The van der Waals surface area contributed by atoms with Crippen LogP contribution in [0, 0.1) is 0 Å². The molecule has 4 rings (SSSR count). The summed E-state index contributed by atoms with van der Waals surface area (Å²) in [5.74, 6) is -0.110. The lowest BCUT2D eigenvalue weighted by molar-refractivity contribution is 0.0941. The lowest BCUT2D eigenvalue weighted by Crippen LogP contribution is -2.32. The number of nitrogens with one attached hydrogen (secondary N) is 1. The Labute approximate surface area is 167 Å². The molecule has 29 heavy (non-hydrogen) atoms. The number of hydrogen-bond donors (Lipinski definition) is 2. The van der Waals surface area contributed by atoms with Crippen LogP contribution in [0.2, 0.25) is 0 Å². The van der Waals surface area contributed by atoms with E-state index >= 15 is 0 Å². The van der Waals surface area contributed by atoms with Gasteiger partial charge in [0.15, 0.2) is 5.65 Å². The molecule has 0 aliphatic heterocycles. The molecule has 4 aromatic rings. The van der Waals surface area contributed by atoms with E-state index in [4.69, 9.17) is 5.73 Å². The van der Waals surface area contributed by atoms with Gasteiger partial charge in [-0.05, 0) is 37.6 Å². The minimum Gasteiger partial charge on any atom is -0.383 e. The summed E-state index contributed by atoms with van der Waals surface area (Å²) < 4.78 is 1.44. The Balaban J connectivity index is 1.92. The first-order chi connectivity index (χ1) is 14.1. The van der Waals surface area contributed by atoms with Crippen molar-refractivity contribution in [3.8, 4) is 0 Å². The maximum Gasteiger partial charge on any atom is 0.257 e. The summed E-state index contributed by atoms with van der Waals surface area (Å²) in [6.45, 7) is 3.94. The number of aromatic nitrogens is 4. The summed E-state index contributed by atoms with van der Waals surface area (Å²) in [7, 11) is 0. The molecule has 0 spiro atoms. The fourth-order valence-corrected chi connectivity index (χ4v) is 2.96. The van der Waals surface area contributed by atoms with Crippen LogP contribution in [0.15, 0.2) is 53.8 Å². The van der Waals surface area contributed by atoms with Gasteiger partial charge in [0.05, 0.1) is 22.9 Å². The monoisotopic (exact) mass is 387 g/mol. The number of fused-ring (bicyclic) bond motifs is 2. The minimum atomic E-state index is -0.293. The Hall–Kier alpha value is -3.81. The van der Waals surface area contributed by atoms with Crippen LogP contribution in [0.25, 0.3) is 22.2 Å². The standard InChI is InChI=1S/C21H21N7O/c1-3-13(2)25-21(29)17-18-20(27-16-10-5-4-9-15(16)26-18)28(19(17)22)24-12-14-8-6-7-11-23-14/h4-13H,3,22H2,1-2H3,(H,25,29)/t13-/m1/s1. The summed E-state index contributed by atoms with van der Waals surface area (Å²) in [6, 6.07) is 13.0. The van der Waals surface area contributed by atoms with Crippen molar-refractivity contribution in [1.29, 1.82) is 0 Å². The number of benzene rings is 1. The SMILES string of the molecule is CC[C@@H](C)NC(=O)c1c(N)n(N=Cc2ccccn2)c2nc3ccccc3nc12. The molecule has 0 radical (unpaired) electrons. The molecule has 1 amide bonds. The molecular weight excluding hydrogens is 366 g/mol. The molecule has 1 atom stereocenters. The van der Waals surface area contributed by atoms with Crippen LogP contribution in [0.3, 0.4) is 0 Å². The van der Waals surface area contributed by atoms with Gasteiger partial charge in [-0.3, -0.25) is 9.78 Å². The van der Waals surface area contributed by atoms with Crippen LogP contribution in [-0.4, -0.2) is 37.8 Å². The maximum absolute atomic E-state index is 12.9. The molecule has 0 aliphatic rings. The van der Waals surface area contributed by atoms with Gasteiger partial charge in [-0.2, -0.15) is 9.78 Å². The predicted molar refractivity (Wildman–Crippen MR) is 114 cm³/mol. The van der Waals surface area contributed by atoms with Gasteiger partial charge in [0.1, 0.15) is 16.9 Å². The third-order valence-corrected chi connectivity index (χ3v) is 4.68. The molecule has 3 N–H and O–H groups in total. The molecule has 8 nitrogen and oxygen atoms in total. The maximum atomic E-state index is 12.9. The van der Waals surface area contributed by atoms with E-state index in [1.807, 2.05) is 56.3 Å². The van der Waals surface area contributed by atoms with E-state index in [9.17, 15) is 4.79 Å². The zero-order valence-corrected chi connectivity index (χ0v) is 16.2. The van der Waals surface area contributed by atoms with E-state index in [1.165, 1.54) is 4.68 Å². The van der Waals surface area contributed by atoms with Gasteiger partial charge < -0.3 is 11.1 Å². The zero-order chi connectivity index (χ0) is 20.4. The van der Waals surface area contributed by atoms with Crippen LogP contribution in [0.4, 0.5) is 5.82 Å². The first kappa shape index (κ1) is 18.5. The first-order valence-electron chi connectivity index (χ1n) is 9.41. The van der Waals surface area contributed by atoms with Crippen molar-refractivity contribution in [2.45, 2.75) is 26.3 Å². The third-order valence-electron chi connectivity index (χ3n) is 4.68. The fourth-order valence-electron chi connectivity index (χ4n) is 2.96. The van der Waals surface area contributed by atoms with Crippen LogP contribution in [0.5, 0.6) is 0 Å². The van der Waals surface area contributed by atoms with Gasteiger partial charge in [-0.1, -0.05) is 25.1 Å². The summed E-state index contributed by atoms with van der Waals surface area (Å²) in [5.41, 5.74) is 9.50. The number of hydrogen-bond acceptors (Lipinski definition) is 6. The van der Waals surface area contributed by atoms with Crippen LogP contribution in [0.1, 0.15) is 36.3 Å². The average molecular weight is 387 g/mol. The highest BCUT2D eigenvalue weighted by atomic mass is 16.1. The number of rotatable bonds is 5. The normalized spacial score (nSPS) is 12.6. The molecule has 8 heteroatoms. The highest BCUT2D eigenvalue weighted by Crippen LogP contribution is 2.27. The minimum absolute atomic E-state index is 0.00531. The second-order valence-corrected chi connectivity index (χ2v) is 6.74. The molecule has 1 aromatic carbocycles. The number of nitrogens with two attached hydrogens (primary N) is 1. The molecule has 0 fully saturated rings. The van der Waals surface area contributed by atoms with Crippen LogP contribution < -0.4 is 11.1 Å². The molecular formula is C21H21N7O. The van der Waals surface area contributed by atoms with Gasteiger partial charge in [-0.25, -0.2) is 9.97 Å². The number of pyridine rings is 1. The van der Waals surface area contributed by atoms with E-state index in [0.717, 1.165) is 6.42 Å². The van der Waals surface area contributed by atoms with E-state index in [2.05, 4.69) is 25.4 Å². The molecule has 0 bridgehead atoms. The number of anilines is 1. The fraction of sp³-hybridized carbons (Fsp3) is 0.190. The van der Waals surface area contributed by atoms with E-state index in [0.29, 0.717) is 27.9 Å². The lowest BCUT2D eigenvalue weighted by atomic mass is 10.2. The Morgan fingerprint density at radius 3 is 2.62 bits per heavy atom. The third kappa shape index (κ3) is 3.52. The lowest BCUT2D eigenvalue weighted by Gasteiger charge is -2.11. The topological polar surface area (TPSA) is 111 Å². The van der Waals surface area contributed by atoms with Gasteiger partial charge in [0.2, 0.25) is 0 Å². The number of para-hydroxylation sites is 2. The number of carbonyl (C=O) groups excluding carboxylic acids is 1. The molecule has 3 heterocycles. The summed E-state index contributed by atoms with van der Waals surface area (Å²) in [4.78, 5) is 26.5. The molecule has 146 valence electrons. The number of nitrogens with zero attached hydrogens (tertiary/aromatic N) is 5. The highest BCUT2D eigenvalue weighted by molar-refractivity contribution is 6.10. The second-order valence-electron chi connectivity index (χ2n) is 6.74. The number of amides is 1. The van der Waals surface area contributed by atoms with Crippen LogP contribution >= 0.6 is 0 Å². The Kier molecular flexibility index (Phi) is 4.90. The zero-order valence-electron chi connectivity index (χ0n) is 16.2. The number of nitrogen functional groups attached to an aromatic ring is 1. The van der Waals surface area contributed by atoms with Crippen LogP contribution in [-0.2, 0) is 0 Å². The summed E-state index contributed by atoms with van der Waals surface area (Å²) >= 11 is 0. The first-order valence-corrected chi connectivity index (χ1v) is 9.41. The molecule has 0 aliphatic carbocycles. The van der Waals surface area contributed by atoms with E-state index in [1.54, 1.807) is 12.4 Å². The van der Waals surface area contributed by atoms with E-state index < -0.39 is 0 Å². The van der Waals surface area contributed by atoms with Crippen molar-refractivity contribution >= 4 is 40.1 Å². The molecule has 0 unspecified atom stereocenters. The van der Waals surface area contributed by atoms with Gasteiger partial charge in [0, 0.05) is 12.2 Å². The Bertz CT molecular complexity index is 1210. The smallest absolute Gasteiger partial charge is 0.257 e. The quantitative estimate of drug-likeness (QED) is 0.512. The van der Waals surface area contributed by atoms with Crippen molar-refractivity contribution in [3.63, 3.8) is 0 Å². The van der Waals surface area contributed by atoms with Crippen molar-refractivity contribution in [2.24, 2.45) is 5.10 Å². The predicted octanol–water partition coefficient (Wildman–Crippen LogP) is 2.97. The number of carbonyl (C=O) groups is 1. The summed E-state index contributed by atoms with van der Waals surface area (Å²) in [5, 5.41) is 7.38. The van der Waals surface area contributed by atoms with E-state index in [-0.39, 0.29) is 23.3 Å². The average Bonchev–Trinajstić information content (AvgIpc) is 3.01. The van der Waals surface area contributed by atoms with Gasteiger partial charge in [0.25, 0.3) is 5.91 Å². The molecule has 0 saturated heterocycles.